The molecule has 114 valence electrons. The summed E-state index contributed by atoms with van der Waals surface area (Å²) in [5, 5.41) is 2.78. The first-order valence-electron chi connectivity index (χ1n) is 6.36. The van der Waals surface area contributed by atoms with Crippen molar-refractivity contribution < 1.29 is 9.53 Å². The van der Waals surface area contributed by atoms with Crippen LogP contribution >= 0.6 is 24.2 Å². The Bertz CT molecular complexity index is 405. The summed E-state index contributed by atoms with van der Waals surface area (Å²) in [6.07, 6.45) is 2.70. The lowest BCUT2D eigenvalue weighted by molar-refractivity contribution is -0.122. The number of nitrogens with one attached hydrogen (secondary N) is 1. The number of carbonyl (C=O) groups is 1. The van der Waals surface area contributed by atoms with E-state index in [0.29, 0.717) is 19.6 Å². The van der Waals surface area contributed by atoms with Crippen LogP contribution in [0.25, 0.3) is 0 Å². The third kappa shape index (κ3) is 7.03. The molecule has 4 nitrogen and oxygen atoms in total. The van der Waals surface area contributed by atoms with Crippen LogP contribution in [0.4, 0.5) is 0 Å². The molecule has 0 spiro atoms. The molecular weight excluding hydrogens is 296 g/mol. The van der Waals surface area contributed by atoms with Gasteiger partial charge < -0.3 is 15.8 Å². The van der Waals surface area contributed by atoms with Gasteiger partial charge >= 0.3 is 0 Å². The quantitative estimate of drug-likeness (QED) is 0.720. The standard InChI is InChI=1S/C14H22N2O2S.ClH/c1-11-5-3-4-6-13(11)18-9-8-16-14(17)12(15)7-10-19-2;/h3-6,12H,7-10,15H2,1-2H3,(H,16,17);1H/t12-;/m0./s1. The molecule has 1 aromatic carbocycles. The summed E-state index contributed by atoms with van der Waals surface area (Å²) in [6.45, 7) is 2.91. The van der Waals surface area contributed by atoms with Crippen molar-refractivity contribution in [3.05, 3.63) is 29.8 Å². The van der Waals surface area contributed by atoms with Crippen molar-refractivity contribution in [2.75, 3.05) is 25.2 Å². The molecule has 0 heterocycles. The van der Waals surface area contributed by atoms with Gasteiger partial charge in [0.25, 0.3) is 0 Å². The van der Waals surface area contributed by atoms with Crippen LogP contribution in [0.15, 0.2) is 24.3 Å². The number of aryl methyl sites for hydroxylation is 1. The number of amides is 1. The molecule has 3 N–H and O–H groups in total. The van der Waals surface area contributed by atoms with Crippen LogP contribution in [-0.2, 0) is 4.79 Å². The van der Waals surface area contributed by atoms with Gasteiger partial charge in [-0.15, -0.1) is 12.4 Å². The first-order valence-corrected chi connectivity index (χ1v) is 7.75. The fourth-order valence-corrected chi connectivity index (χ4v) is 2.05. The largest absolute Gasteiger partial charge is 0.491 e. The Kier molecular flexibility index (Phi) is 10.3. The van der Waals surface area contributed by atoms with E-state index < -0.39 is 6.04 Å². The molecule has 20 heavy (non-hydrogen) atoms. The summed E-state index contributed by atoms with van der Waals surface area (Å²) in [6, 6.07) is 7.38. The molecule has 0 radical (unpaired) electrons. The van der Waals surface area contributed by atoms with Crippen LogP contribution in [0.2, 0.25) is 0 Å². The molecule has 6 heteroatoms. The summed E-state index contributed by atoms with van der Waals surface area (Å²) in [5.41, 5.74) is 6.84. The highest BCUT2D eigenvalue weighted by molar-refractivity contribution is 7.98. The lowest BCUT2D eigenvalue weighted by atomic mass is 10.2. The minimum absolute atomic E-state index is 0. The maximum atomic E-state index is 11.6. The highest BCUT2D eigenvalue weighted by Gasteiger charge is 2.11. The van der Waals surface area contributed by atoms with Crippen LogP contribution in [0.5, 0.6) is 5.75 Å². The number of rotatable bonds is 8. The number of nitrogens with two attached hydrogens (primary N) is 1. The molecule has 1 atom stereocenters. The lowest BCUT2D eigenvalue weighted by Crippen LogP contribution is -2.42. The first-order chi connectivity index (χ1) is 9.15. The van der Waals surface area contributed by atoms with E-state index in [9.17, 15) is 4.79 Å². The van der Waals surface area contributed by atoms with Gasteiger partial charge in [0, 0.05) is 0 Å². The summed E-state index contributed by atoms with van der Waals surface area (Å²) in [7, 11) is 0. The maximum absolute atomic E-state index is 11.6. The average molecular weight is 319 g/mol. The SMILES string of the molecule is CSCC[C@H](N)C(=O)NCCOc1ccccc1C.Cl. The third-order valence-corrected chi connectivity index (χ3v) is 3.37. The number of benzene rings is 1. The Morgan fingerprint density at radius 2 is 2.15 bits per heavy atom. The van der Waals surface area contributed by atoms with E-state index in [0.717, 1.165) is 17.1 Å². The Hall–Kier alpha value is -0.910. The van der Waals surface area contributed by atoms with Crippen LogP contribution < -0.4 is 15.8 Å². The Morgan fingerprint density at radius 1 is 1.45 bits per heavy atom. The van der Waals surface area contributed by atoms with Gasteiger partial charge in [0.1, 0.15) is 12.4 Å². The predicted octanol–water partition coefficient (Wildman–Crippen LogP) is 1.99. The second-order valence-corrected chi connectivity index (χ2v) is 5.28. The van der Waals surface area contributed by atoms with Crippen molar-refractivity contribution in [1.82, 2.24) is 5.32 Å². The molecule has 0 aliphatic heterocycles. The van der Waals surface area contributed by atoms with Crippen LogP contribution in [-0.4, -0.2) is 37.1 Å². The molecule has 0 saturated carbocycles. The fourth-order valence-electron chi connectivity index (χ4n) is 1.56. The number of halogens is 1. The normalized spacial score (nSPS) is 11.3. The number of hydrogen-bond donors (Lipinski definition) is 2. The number of thioether (sulfide) groups is 1. The van der Waals surface area contributed by atoms with Crippen molar-refractivity contribution in [3.63, 3.8) is 0 Å². The fraction of sp³-hybridized carbons (Fsp3) is 0.500. The molecule has 1 aromatic rings. The lowest BCUT2D eigenvalue weighted by Gasteiger charge is -2.12. The van der Waals surface area contributed by atoms with Gasteiger partial charge in [0.2, 0.25) is 5.91 Å². The highest BCUT2D eigenvalue weighted by Crippen LogP contribution is 2.15. The predicted molar refractivity (Wildman–Crippen MR) is 87.9 cm³/mol. The summed E-state index contributed by atoms with van der Waals surface area (Å²) in [4.78, 5) is 11.6. The molecule has 0 aliphatic rings. The maximum Gasteiger partial charge on any atom is 0.237 e. The molecular formula is C14H23ClN2O2S. The van der Waals surface area contributed by atoms with Crippen LogP contribution in [0.1, 0.15) is 12.0 Å². The van der Waals surface area contributed by atoms with Crippen LogP contribution in [0, 0.1) is 6.92 Å². The number of hydrogen-bond acceptors (Lipinski definition) is 4. The second kappa shape index (κ2) is 10.8. The van der Waals surface area contributed by atoms with Crippen LogP contribution in [0.3, 0.4) is 0 Å². The molecule has 0 aromatic heterocycles. The number of ether oxygens (including phenoxy) is 1. The van der Waals surface area contributed by atoms with Crippen molar-refractivity contribution in [2.45, 2.75) is 19.4 Å². The van der Waals surface area contributed by atoms with E-state index >= 15 is 0 Å². The third-order valence-electron chi connectivity index (χ3n) is 2.72. The molecule has 0 unspecified atom stereocenters. The highest BCUT2D eigenvalue weighted by atomic mass is 35.5. The summed E-state index contributed by atoms with van der Waals surface area (Å²) >= 11 is 1.69. The van der Waals surface area contributed by atoms with Crippen molar-refractivity contribution >= 4 is 30.1 Å². The number of carbonyl (C=O) groups excluding carboxylic acids is 1. The minimum atomic E-state index is -0.425. The second-order valence-electron chi connectivity index (χ2n) is 4.29. The average Bonchev–Trinajstić information content (AvgIpc) is 2.42. The smallest absolute Gasteiger partial charge is 0.237 e. The van der Waals surface area contributed by atoms with E-state index in [1.807, 2.05) is 37.4 Å². The molecule has 0 saturated heterocycles. The Morgan fingerprint density at radius 3 is 2.80 bits per heavy atom. The molecule has 0 aliphatic carbocycles. The van der Waals surface area contributed by atoms with Gasteiger partial charge in [-0.05, 0) is 37.0 Å². The van der Waals surface area contributed by atoms with Gasteiger partial charge in [0.15, 0.2) is 0 Å². The van der Waals surface area contributed by atoms with E-state index in [-0.39, 0.29) is 18.3 Å². The number of para-hydroxylation sites is 1. The molecule has 0 bridgehead atoms. The zero-order valence-electron chi connectivity index (χ0n) is 11.9. The zero-order chi connectivity index (χ0) is 14.1. The first kappa shape index (κ1) is 19.1. The minimum Gasteiger partial charge on any atom is -0.491 e. The summed E-state index contributed by atoms with van der Waals surface area (Å²) in [5.74, 6) is 1.64. The van der Waals surface area contributed by atoms with E-state index in [1.54, 1.807) is 11.8 Å². The Labute approximate surface area is 131 Å². The van der Waals surface area contributed by atoms with E-state index in [1.165, 1.54) is 0 Å². The van der Waals surface area contributed by atoms with Gasteiger partial charge in [0.05, 0.1) is 12.6 Å². The summed E-state index contributed by atoms with van der Waals surface area (Å²) < 4.78 is 5.59. The van der Waals surface area contributed by atoms with Crippen molar-refractivity contribution in [1.29, 1.82) is 0 Å². The van der Waals surface area contributed by atoms with E-state index in [4.69, 9.17) is 10.5 Å². The molecule has 0 fully saturated rings. The van der Waals surface area contributed by atoms with Crippen molar-refractivity contribution in [2.24, 2.45) is 5.73 Å². The monoisotopic (exact) mass is 318 g/mol. The van der Waals surface area contributed by atoms with E-state index in [2.05, 4.69) is 5.32 Å². The zero-order valence-corrected chi connectivity index (χ0v) is 13.6. The Balaban J connectivity index is 0.00000361. The molecule has 1 rings (SSSR count). The van der Waals surface area contributed by atoms with Gasteiger partial charge in [-0.2, -0.15) is 11.8 Å². The van der Waals surface area contributed by atoms with Crippen molar-refractivity contribution in [3.8, 4) is 5.75 Å². The molecule has 1 amide bonds. The topological polar surface area (TPSA) is 64.4 Å². The van der Waals surface area contributed by atoms with Gasteiger partial charge in [-0.3, -0.25) is 4.79 Å². The van der Waals surface area contributed by atoms with Gasteiger partial charge in [-0.25, -0.2) is 0 Å². The van der Waals surface area contributed by atoms with Gasteiger partial charge in [-0.1, -0.05) is 18.2 Å².